The molecule has 56 valence electrons. The van der Waals surface area contributed by atoms with Crippen molar-refractivity contribution in [2.75, 3.05) is 0 Å². The van der Waals surface area contributed by atoms with Crippen LogP contribution in [0.4, 0.5) is 9.59 Å². The summed E-state index contributed by atoms with van der Waals surface area (Å²) in [6.07, 6.45) is -3.67. The van der Waals surface area contributed by atoms with Crippen molar-refractivity contribution in [2.24, 2.45) is 0 Å². The summed E-state index contributed by atoms with van der Waals surface area (Å²) in [7, 11) is 0. The van der Waals surface area contributed by atoms with E-state index >= 15 is 0 Å². The Morgan fingerprint density at radius 1 is 0.800 bits per heavy atom. The van der Waals surface area contributed by atoms with Crippen LogP contribution in [-0.2, 0) is 0 Å². The molecule has 0 amide bonds. The summed E-state index contributed by atoms with van der Waals surface area (Å²) in [5.74, 6) is 0. The molecule has 0 saturated heterocycles. The average Bonchev–Trinajstić information content (AvgIpc) is 1.25. The summed E-state index contributed by atoms with van der Waals surface area (Å²) in [4.78, 5) is 17.1. The Balaban J connectivity index is -0.0000000300. The molecule has 0 fully saturated rings. The quantitative estimate of drug-likeness (QED) is 0.351. The van der Waals surface area contributed by atoms with E-state index in [9.17, 15) is 0 Å². The van der Waals surface area contributed by atoms with E-state index in [0.717, 1.165) is 0 Å². The van der Waals surface area contributed by atoms with Gasteiger partial charge in [-0.3, -0.25) is 0 Å². The summed E-state index contributed by atoms with van der Waals surface area (Å²) in [6, 6.07) is 0. The van der Waals surface area contributed by atoms with Crippen LogP contribution in [-0.4, -0.2) is 93.5 Å². The van der Waals surface area contributed by atoms with Gasteiger partial charge in [-0.2, -0.15) is 0 Å². The van der Waals surface area contributed by atoms with Gasteiger partial charge < -0.3 is 20.4 Å². The van der Waals surface area contributed by atoms with Crippen molar-refractivity contribution in [3.63, 3.8) is 0 Å². The largest absolute Gasteiger partial charge is 0.316 e. The maximum atomic E-state index is 8.56. The Labute approximate surface area is 102 Å². The van der Waals surface area contributed by atoms with Crippen LogP contribution in [0.25, 0.3) is 0 Å². The van der Waals surface area contributed by atoms with Crippen LogP contribution in [0.15, 0.2) is 0 Å². The molecule has 6 nitrogen and oxygen atoms in total. The fourth-order valence-corrected chi connectivity index (χ4v) is 0. The second-order valence-electron chi connectivity index (χ2n) is 0.565. The van der Waals surface area contributed by atoms with E-state index in [2.05, 4.69) is 0 Å². The average molecular weight is 192 g/mol. The molecule has 0 aliphatic carbocycles. The monoisotopic (exact) mass is 192 g/mol. The van der Waals surface area contributed by atoms with Crippen molar-refractivity contribution in [1.29, 1.82) is 0 Å². The molecule has 0 saturated carbocycles. The molecular weight excluding hydrogens is 184 g/mol. The minimum atomic E-state index is -1.83. The summed E-state index contributed by atoms with van der Waals surface area (Å²) >= 11 is 0. The summed E-state index contributed by atoms with van der Waals surface area (Å²) in [5, 5.41) is 27.9. The molecule has 0 aromatic carbocycles. The SMILES string of the molecule is O=C(O)O.O=C(O)O.[CaH2].[MgH2]. The molecule has 4 N–H and O–H groups in total. The third kappa shape index (κ3) is 1530. The van der Waals surface area contributed by atoms with Gasteiger partial charge in [-0.05, 0) is 0 Å². The first kappa shape index (κ1) is 22.4. The zero-order valence-electron chi connectivity index (χ0n) is 3.61. The molecule has 0 radical (unpaired) electrons. The van der Waals surface area contributed by atoms with E-state index < -0.39 is 12.3 Å². The van der Waals surface area contributed by atoms with E-state index in [1.54, 1.807) is 0 Å². The third-order valence-electron chi connectivity index (χ3n) is 0. The topological polar surface area (TPSA) is 115 Å². The third-order valence-corrected chi connectivity index (χ3v) is 0. The molecule has 0 aromatic heterocycles. The number of carboxylic acid groups (broad SMARTS) is 4. The Morgan fingerprint density at radius 3 is 0.800 bits per heavy atom. The second kappa shape index (κ2) is 16.3. The smallest absolute Gasteiger partial charge is 0.316 e. The fraction of sp³-hybridized carbons (Fsp3) is 0. The van der Waals surface area contributed by atoms with Gasteiger partial charge in [-0.1, -0.05) is 0 Å². The Bertz CT molecular complexity index is 73.7. The molecule has 0 aromatic rings. The van der Waals surface area contributed by atoms with Gasteiger partial charge in [0.2, 0.25) is 0 Å². The molecular formula is C2H8CaMgO6. The van der Waals surface area contributed by atoms with Crippen molar-refractivity contribution >= 4 is 73.1 Å². The van der Waals surface area contributed by atoms with Crippen molar-refractivity contribution in [3.05, 3.63) is 0 Å². The maximum absolute atomic E-state index is 8.56. The molecule has 10 heavy (non-hydrogen) atoms. The normalized spacial score (nSPS) is 4.80. The number of hydrogen-bond acceptors (Lipinski definition) is 2. The van der Waals surface area contributed by atoms with Crippen molar-refractivity contribution < 1.29 is 30.0 Å². The molecule has 8 heteroatoms. The Kier molecular flexibility index (Phi) is 36.5. The number of hydrogen-bond donors (Lipinski definition) is 4. The standard InChI is InChI=1S/2CH2O3.Ca.Mg.4H/c2*2-1(3)4;;;;;;/h2*(H2,2,3,4);;;;;;. The Hall–Kier alpha value is 0.566. The van der Waals surface area contributed by atoms with Gasteiger partial charge in [0, 0.05) is 0 Å². The van der Waals surface area contributed by atoms with Crippen LogP contribution in [0.3, 0.4) is 0 Å². The van der Waals surface area contributed by atoms with Crippen molar-refractivity contribution in [3.8, 4) is 0 Å². The summed E-state index contributed by atoms with van der Waals surface area (Å²) in [6.45, 7) is 0. The molecule has 0 bridgehead atoms. The van der Waals surface area contributed by atoms with Gasteiger partial charge in [0.25, 0.3) is 0 Å². The van der Waals surface area contributed by atoms with E-state index in [1.807, 2.05) is 0 Å². The fourth-order valence-electron chi connectivity index (χ4n) is 0. The molecule has 0 spiro atoms. The number of rotatable bonds is 0. The van der Waals surface area contributed by atoms with Gasteiger partial charge in [0.05, 0.1) is 0 Å². The zero-order chi connectivity index (χ0) is 7.15. The van der Waals surface area contributed by atoms with Crippen LogP contribution >= 0.6 is 0 Å². The van der Waals surface area contributed by atoms with Gasteiger partial charge in [0.15, 0.2) is 0 Å². The van der Waals surface area contributed by atoms with Crippen LogP contribution in [0, 0.1) is 0 Å². The van der Waals surface area contributed by atoms with E-state index in [0.29, 0.717) is 0 Å². The first-order chi connectivity index (χ1) is 3.46. The Morgan fingerprint density at radius 2 is 0.800 bits per heavy atom. The van der Waals surface area contributed by atoms with Gasteiger partial charge in [0.1, 0.15) is 0 Å². The van der Waals surface area contributed by atoms with Crippen molar-refractivity contribution in [1.82, 2.24) is 0 Å². The molecule has 0 atom stereocenters. The minimum Gasteiger partial charge on any atom is 0.316 e. The van der Waals surface area contributed by atoms with Crippen LogP contribution in [0.5, 0.6) is 0 Å². The second-order valence-corrected chi connectivity index (χ2v) is 0.565. The van der Waals surface area contributed by atoms with Crippen LogP contribution in [0.2, 0.25) is 0 Å². The number of carbonyl (C=O) groups is 2. The molecule has 0 aliphatic rings. The minimum absolute atomic E-state index is 0. The first-order valence-electron chi connectivity index (χ1n) is 1.30. The van der Waals surface area contributed by atoms with E-state index in [4.69, 9.17) is 30.0 Å². The van der Waals surface area contributed by atoms with E-state index in [-0.39, 0.29) is 60.8 Å². The maximum Gasteiger partial charge on any atom is 0.316 e. The summed E-state index contributed by atoms with van der Waals surface area (Å²) < 4.78 is 0. The van der Waals surface area contributed by atoms with Gasteiger partial charge in [-0.15, -0.1) is 0 Å². The van der Waals surface area contributed by atoms with Crippen LogP contribution in [0.1, 0.15) is 0 Å². The summed E-state index contributed by atoms with van der Waals surface area (Å²) in [5.41, 5.74) is 0. The predicted octanol–water partition coefficient (Wildman–Crippen LogP) is -1.39. The molecule has 0 unspecified atom stereocenters. The molecule has 0 heterocycles. The molecule has 0 rings (SSSR count). The van der Waals surface area contributed by atoms with Gasteiger partial charge >= 0.3 is 73.1 Å². The van der Waals surface area contributed by atoms with E-state index in [1.165, 1.54) is 0 Å². The molecule has 0 aliphatic heterocycles. The zero-order valence-corrected chi connectivity index (χ0v) is 3.61. The predicted molar refractivity (Wildman–Crippen MR) is 38.4 cm³/mol. The first-order valence-corrected chi connectivity index (χ1v) is 1.30. The van der Waals surface area contributed by atoms with Crippen LogP contribution < -0.4 is 0 Å². The van der Waals surface area contributed by atoms with Crippen molar-refractivity contribution in [2.45, 2.75) is 0 Å². The van der Waals surface area contributed by atoms with Gasteiger partial charge in [-0.25, -0.2) is 9.59 Å².